The van der Waals surface area contributed by atoms with Crippen molar-refractivity contribution in [2.24, 2.45) is 0 Å². The van der Waals surface area contributed by atoms with Crippen molar-refractivity contribution in [2.75, 3.05) is 6.79 Å². The van der Waals surface area contributed by atoms with E-state index in [1.165, 1.54) is 0 Å². The minimum atomic E-state index is -0.501. The SMILES string of the molecule is CCC(C)NC(=O)C(CC)N(Cc1ccccc1)C(=O)CCc1ccc2c(c1)OCO2. The van der Waals surface area contributed by atoms with Crippen molar-refractivity contribution < 1.29 is 19.1 Å². The lowest BCUT2D eigenvalue weighted by atomic mass is 10.1. The zero-order chi connectivity index (χ0) is 22.2. The Morgan fingerprint density at radius 1 is 1.00 bits per heavy atom. The standard InChI is InChI=1S/C25H32N2O4/c1-4-18(3)26-25(29)21(5-2)27(16-20-9-7-6-8-10-20)24(28)14-12-19-11-13-22-23(15-19)31-17-30-22/h6-11,13,15,18,21H,4-5,12,14,16-17H2,1-3H3,(H,26,29). The fourth-order valence-electron chi connectivity index (χ4n) is 3.63. The number of nitrogens with zero attached hydrogens (tertiary/aromatic N) is 1. The number of carbonyl (C=O) groups excluding carboxylic acids is 2. The first kappa shape index (κ1) is 22.7. The van der Waals surface area contributed by atoms with Crippen molar-refractivity contribution >= 4 is 11.8 Å². The number of fused-ring (bicyclic) bond motifs is 1. The molecule has 1 aliphatic heterocycles. The predicted octanol–water partition coefficient (Wildman–Crippen LogP) is 4.07. The van der Waals surface area contributed by atoms with Gasteiger partial charge in [-0.1, -0.05) is 50.2 Å². The molecule has 31 heavy (non-hydrogen) atoms. The van der Waals surface area contributed by atoms with Crippen molar-refractivity contribution in [3.8, 4) is 11.5 Å². The second-order valence-electron chi connectivity index (χ2n) is 7.94. The molecule has 166 valence electrons. The Labute approximate surface area is 184 Å². The Bertz CT molecular complexity index is 884. The lowest BCUT2D eigenvalue weighted by Crippen LogP contribution is -2.50. The van der Waals surface area contributed by atoms with Gasteiger partial charge in [0.25, 0.3) is 0 Å². The first-order valence-electron chi connectivity index (χ1n) is 11.0. The van der Waals surface area contributed by atoms with E-state index in [0.29, 0.717) is 31.6 Å². The van der Waals surface area contributed by atoms with Gasteiger partial charge in [-0.2, -0.15) is 0 Å². The number of rotatable bonds is 10. The van der Waals surface area contributed by atoms with Crippen LogP contribution in [0.5, 0.6) is 11.5 Å². The summed E-state index contributed by atoms with van der Waals surface area (Å²) in [6.45, 7) is 6.60. The van der Waals surface area contributed by atoms with Crippen molar-refractivity contribution in [3.63, 3.8) is 0 Å². The van der Waals surface area contributed by atoms with E-state index in [4.69, 9.17) is 9.47 Å². The van der Waals surface area contributed by atoms with Crippen LogP contribution in [-0.4, -0.2) is 35.6 Å². The van der Waals surface area contributed by atoms with Crippen LogP contribution >= 0.6 is 0 Å². The molecule has 0 saturated carbocycles. The number of aryl methyl sites for hydroxylation is 1. The monoisotopic (exact) mass is 424 g/mol. The maximum absolute atomic E-state index is 13.3. The summed E-state index contributed by atoms with van der Waals surface area (Å²) in [6, 6.07) is 15.1. The van der Waals surface area contributed by atoms with E-state index in [-0.39, 0.29) is 24.6 Å². The van der Waals surface area contributed by atoms with E-state index >= 15 is 0 Å². The highest BCUT2D eigenvalue weighted by atomic mass is 16.7. The molecule has 0 fully saturated rings. The van der Waals surface area contributed by atoms with Crippen molar-refractivity contribution in [1.82, 2.24) is 10.2 Å². The number of carbonyl (C=O) groups is 2. The van der Waals surface area contributed by atoms with Crippen molar-refractivity contribution in [2.45, 2.75) is 65.1 Å². The Kier molecular flexibility index (Phi) is 7.93. The predicted molar refractivity (Wildman–Crippen MR) is 120 cm³/mol. The van der Waals surface area contributed by atoms with Crippen LogP contribution in [0.25, 0.3) is 0 Å². The molecular formula is C25H32N2O4. The van der Waals surface area contributed by atoms with Crippen LogP contribution in [0, 0.1) is 0 Å². The van der Waals surface area contributed by atoms with Gasteiger partial charge in [-0.25, -0.2) is 0 Å². The molecule has 1 N–H and O–H groups in total. The average Bonchev–Trinajstić information content (AvgIpc) is 3.25. The summed E-state index contributed by atoms with van der Waals surface area (Å²) >= 11 is 0. The molecule has 0 spiro atoms. The second-order valence-corrected chi connectivity index (χ2v) is 7.94. The summed E-state index contributed by atoms with van der Waals surface area (Å²) in [5, 5.41) is 3.04. The van der Waals surface area contributed by atoms with Crippen LogP contribution in [0.4, 0.5) is 0 Å². The van der Waals surface area contributed by atoms with Gasteiger partial charge in [-0.05, 0) is 49.4 Å². The number of hydrogen-bond acceptors (Lipinski definition) is 4. The van der Waals surface area contributed by atoms with Crippen molar-refractivity contribution in [1.29, 1.82) is 0 Å². The van der Waals surface area contributed by atoms with Gasteiger partial charge in [0, 0.05) is 19.0 Å². The topological polar surface area (TPSA) is 67.9 Å². The number of benzene rings is 2. The fraction of sp³-hybridized carbons (Fsp3) is 0.440. The molecule has 1 aliphatic rings. The van der Waals surface area contributed by atoms with Gasteiger partial charge in [-0.15, -0.1) is 0 Å². The molecule has 2 unspecified atom stereocenters. The highest BCUT2D eigenvalue weighted by Gasteiger charge is 2.29. The number of ether oxygens (including phenoxy) is 2. The third kappa shape index (κ3) is 6.00. The zero-order valence-electron chi connectivity index (χ0n) is 18.6. The average molecular weight is 425 g/mol. The molecule has 0 saturated heterocycles. The van der Waals surface area contributed by atoms with Crippen molar-refractivity contribution in [3.05, 3.63) is 59.7 Å². The largest absolute Gasteiger partial charge is 0.454 e. The smallest absolute Gasteiger partial charge is 0.243 e. The molecule has 2 aromatic rings. The summed E-state index contributed by atoms with van der Waals surface area (Å²) < 4.78 is 10.8. The van der Waals surface area contributed by atoms with Crippen LogP contribution in [0.1, 0.15) is 51.2 Å². The molecular weight excluding hydrogens is 392 g/mol. The Morgan fingerprint density at radius 2 is 1.74 bits per heavy atom. The van der Waals surface area contributed by atoms with Gasteiger partial charge in [0.05, 0.1) is 0 Å². The van der Waals surface area contributed by atoms with E-state index < -0.39 is 6.04 Å². The molecule has 0 aromatic heterocycles. The first-order valence-corrected chi connectivity index (χ1v) is 11.0. The summed E-state index contributed by atoms with van der Waals surface area (Å²) in [5.74, 6) is 1.32. The number of hydrogen-bond donors (Lipinski definition) is 1. The van der Waals surface area contributed by atoms with Crippen LogP contribution in [0.15, 0.2) is 48.5 Å². The lowest BCUT2D eigenvalue weighted by molar-refractivity contribution is -0.141. The van der Waals surface area contributed by atoms with Gasteiger partial charge < -0.3 is 19.7 Å². The lowest BCUT2D eigenvalue weighted by Gasteiger charge is -2.31. The summed E-state index contributed by atoms with van der Waals surface area (Å²) in [7, 11) is 0. The highest BCUT2D eigenvalue weighted by molar-refractivity contribution is 5.88. The van der Waals surface area contributed by atoms with Crippen LogP contribution in [-0.2, 0) is 22.6 Å². The Hall–Kier alpha value is -3.02. The highest BCUT2D eigenvalue weighted by Crippen LogP contribution is 2.32. The molecule has 3 rings (SSSR count). The second kappa shape index (κ2) is 10.8. The molecule has 6 heteroatoms. The van der Waals surface area contributed by atoms with Gasteiger partial charge >= 0.3 is 0 Å². The van der Waals surface area contributed by atoms with Crippen LogP contribution < -0.4 is 14.8 Å². The summed E-state index contributed by atoms with van der Waals surface area (Å²) in [6.07, 6.45) is 2.30. The van der Waals surface area contributed by atoms with E-state index in [0.717, 1.165) is 23.3 Å². The number of nitrogens with one attached hydrogen (secondary N) is 1. The maximum atomic E-state index is 13.3. The molecule has 1 heterocycles. The first-order chi connectivity index (χ1) is 15.0. The molecule has 6 nitrogen and oxygen atoms in total. The third-order valence-electron chi connectivity index (χ3n) is 5.65. The van der Waals surface area contributed by atoms with E-state index in [1.807, 2.05) is 69.3 Å². The Morgan fingerprint density at radius 3 is 2.45 bits per heavy atom. The number of amides is 2. The van der Waals surface area contributed by atoms with Gasteiger partial charge in [0.15, 0.2) is 11.5 Å². The fourth-order valence-corrected chi connectivity index (χ4v) is 3.63. The maximum Gasteiger partial charge on any atom is 0.243 e. The minimum absolute atomic E-state index is 0.0346. The van der Waals surface area contributed by atoms with Gasteiger partial charge in [0.2, 0.25) is 18.6 Å². The molecule has 2 amide bonds. The molecule has 0 bridgehead atoms. The van der Waals surface area contributed by atoms with Crippen LogP contribution in [0.3, 0.4) is 0 Å². The van der Waals surface area contributed by atoms with Gasteiger partial charge in [-0.3, -0.25) is 9.59 Å². The minimum Gasteiger partial charge on any atom is -0.454 e. The zero-order valence-corrected chi connectivity index (χ0v) is 18.6. The third-order valence-corrected chi connectivity index (χ3v) is 5.65. The van der Waals surface area contributed by atoms with Crippen LogP contribution in [0.2, 0.25) is 0 Å². The Balaban J connectivity index is 1.74. The molecule has 2 aromatic carbocycles. The molecule has 0 radical (unpaired) electrons. The molecule has 2 atom stereocenters. The van der Waals surface area contributed by atoms with E-state index in [2.05, 4.69) is 5.32 Å². The summed E-state index contributed by atoms with van der Waals surface area (Å²) in [5.41, 5.74) is 2.02. The molecule has 0 aliphatic carbocycles. The normalized spacial score (nSPS) is 14.0. The quantitative estimate of drug-likeness (QED) is 0.624. The van der Waals surface area contributed by atoms with Gasteiger partial charge in [0.1, 0.15) is 6.04 Å². The van der Waals surface area contributed by atoms with E-state index in [9.17, 15) is 9.59 Å². The van der Waals surface area contributed by atoms with E-state index in [1.54, 1.807) is 4.90 Å². The summed E-state index contributed by atoms with van der Waals surface area (Å²) in [4.78, 5) is 28.0.